The van der Waals surface area contributed by atoms with Crippen LogP contribution in [0.25, 0.3) is 0 Å². The highest BCUT2D eigenvalue weighted by molar-refractivity contribution is 9.09. The van der Waals surface area contributed by atoms with Crippen LogP contribution in [0.15, 0.2) is 36.4 Å². The van der Waals surface area contributed by atoms with Gasteiger partial charge in [0.15, 0.2) is 0 Å². The van der Waals surface area contributed by atoms with Crippen molar-refractivity contribution in [3.8, 4) is 5.75 Å². The number of halogens is 2. The average Bonchev–Trinajstić information content (AvgIpc) is 2.87. The minimum atomic E-state index is 0.267. The predicted molar refractivity (Wildman–Crippen MR) is 85.2 cm³/mol. The Labute approximate surface area is 132 Å². The quantitative estimate of drug-likeness (QED) is 0.689. The second-order valence-electron chi connectivity index (χ2n) is 5.49. The van der Waals surface area contributed by atoms with Crippen molar-refractivity contribution in [2.24, 2.45) is 0 Å². The summed E-state index contributed by atoms with van der Waals surface area (Å²) >= 11 is 10.1. The molecule has 1 heterocycles. The predicted octanol–water partition coefficient (Wildman–Crippen LogP) is 5.05. The van der Waals surface area contributed by atoms with E-state index >= 15 is 0 Å². The summed E-state index contributed by atoms with van der Waals surface area (Å²) in [5.74, 6) is 1.55. The van der Waals surface area contributed by atoms with Crippen molar-refractivity contribution in [3.63, 3.8) is 0 Å². The summed E-state index contributed by atoms with van der Waals surface area (Å²) < 4.78 is 5.82. The number of alkyl halides is 1. The van der Waals surface area contributed by atoms with Gasteiger partial charge in [-0.3, -0.25) is 0 Å². The van der Waals surface area contributed by atoms with E-state index in [1.54, 1.807) is 0 Å². The molecule has 1 aliphatic carbocycles. The Balaban J connectivity index is 1.73. The van der Waals surface area contributed by atoms with Gasteiger partial charge in [-0.15, -0.1) is 0 Å². The second-order valence-corrected chi connectivity index (χ2v) is 6.92. The van der Waals surface area contributed by atoms with Crippen LogP contribution in [0.3, 0.4) is 0 Å². The molecule has 0 amide bonds. The molecule has 0 spiro atoms. The van der Waals surface area contributed by atoms with E-state index in [2.05, 4.69) is 40.2 Å². The summed E-state index contributed by atoms with van der Waals surface area (Å²) in [6.45, 7) is 0.768. The first-order chi connectivity index (χ1) is 9.74. The summed E-state index contributed by atoms with van der Waals surface area (Å²) in [6.07, 6.45) is 2.08. The van der Waals surface area contributed by atoms with Gasteiger partial charge in [0.25, 0.3) is 0 Å². The van der Waals surface area contributed by atoms with E-state index in [0.717, 1.165) is 30.2 Å². The maximum Gasteiger partial charge on any atom is 0.127 e. The van der Waals surface area contributed by atoms with E-state index in [1.165, 1.54) is 22.3 Å². The van der Waals surface area contributed by atoms with E-state index in [-0.39, 0.29) is 4.83 Å². The number of benzene rings is 2. The molecule has 0 fully saturated rings. The fourth-order valence-electron chi connectivity index (χ4n) is 3.28. The third-order valence-electron chi connectivity index (χ3n) is 4.32. The number of rotatable bonds is 2. The zero-order valence-electron chi connectivity index (χ0n) is 10.9. The van der Waals surface area contributed by atoms with Crippen LogP contribution in [-0.4, -0.2) is 6.61 Å². The van der Waals surface area contributed by atoms with Crippen LogP contribution in [0.2, 0.25) is 5.02 Å². The van der Waals surface area contributed by atoms with Crippen molar-refractivity contribution in [3.05, 3.63) is 63.7 Å². The zero-order chi connectivity index (χ0) is 13.7. The van der Waals surface area contributed by atoms with E-state index in [1.807, 2.05) is 12.1 Å². The molecule has 2 atom stereocenters. The molecule has 2 aliphatic rings. The summed E-state index contributed by atoms with van der Waals surface area (Å²) in [7, 11) is 0. The molecular formula is C17H14BrClO. The third-order valence-corrected chi connectivity index (χ3v) is 5.67. The lowest BCUT2D eigenvalue weighted by Crippen LogP contribution is -2.21. The van der Waals surface area contributed by atoms with Crippen LogP contribution in [0.4, 0.5) is 0 Å². The normalized spacial score (nSPS) is 20.6. The van der Waals surface area contributed by atoms with Gasteiger partial charge in [0, 0.05) is 22.9 Å². The lowest BCUT2D eigenvalue weighted by molar-refractivity contribution is 0.352. The van der Waals surface area contributed by atoms with E-state index in [4.69, 9.17) is 16.3 Å². The van der Waals surface area contributed by atoms with Gasteiger partial charge in [-0.25, -0.2) is 0 Å². The fourth-order valence-corrected chi connectivity index (χ4v) is 4.34. The van der Waals surface area contributed by atoms with Crippen molar-refractivity contribution in [2.45, 2.75) is 23.6 Å². The van der Waals surface area contributed by atoms with Crippen LogP contribution in [0, 0.1) is 0 Å². The van der Waals surface area contributed by atoms with Crippen molar-refractivity contribution < 1.29 is 4.74 Å². The maximum absolute atomic E-state index is 6.26. The van der Waals surface area contributed by atoms with Crippen molar-refractivity contribution in [1.82, 2.24) is 0 Å². The largest absolute Gasteiger partial charge is 0.493 e. The molecule has 4 rings (SSSR count). The molecule has 2 aromatic rings. The Morgan fingerprint density at radius 2 is 2.05 bits per heavy atom. The van der Waals surface area contributed by atoms with Crippen molar-refractivity contribution in [2.75, 3.05) is 6.61 Å². The minimum Gasteiger partial charge on any atom is -0.493 e. The van der Waals surface area contributed by atoms with Crippen LogP contribution < -0.4 is 4.74 Å². The van der Waals surface area contributed by atoms with Crippen molar-refractivity contribution in [1.29, 1.82) is 0 Å². The second kappa shape index (κ2) is 4.78. The highest BCUT2D eigenvalue weighted by Gasteiger charge is 2.34. The first-order valence-electron chi connectivity index (χ1n) is 6.91. The molecule has 0 saturated carbocycles. The fraction of sp³-hybridized carbons (Fsp3) is 0.294. The van der Waals surface area contributed by atoms with Crippen molar-refractivity contribution >= 4 is 27.5 Å². The molecule has 0 N–H and O–H groups in total. The summed E-state index contributed by atoms with van der Waals surface area (Å²) in [5.41, 5.74) is 5.34. The zero-order valence-corrected chi connectivity index (χ0v) is 13.2. The van der Waals surface area contributed by atoms with Gasteiger partial charge >= 0.3 is 0 Å². The molecular weight excluding hydrogens is 336 g/mol. The summed E-state index contributed by atoms with van der Waals surface area (Å²) in [5, 5.41) is 0.807. The molecule has 3 heteroatoms. The molecule has 1 nitrogen and oxygen atoms in total. The minimum absolute atomic E-state index is 0.267. The molecule has 2 aromatic carbocycles. The van der Waals surface area contributed by atoms with Gasteiger partial charge in [-0.2, -0.15) is 0 Å². The average molecular weight is 350 g/mol. The summed E-state index contributed by atoms with van der Waals surface area (Å²) in [4.78, 5) is 0.267. The smallest absolute Gasteiger partial charge is 0.127 e. The number of ether oxygens (including phenoxy) is 1. The number of fused-ring (bicyclic) bond motifs is 2. The first kappa shape index (κ1) is 12.7. The monoisotopic (exact) mass is 348 g/mol. The van der Waals surface area contributed by atoms with Gasteiger partial charge in [0.05, 0.1) is 11.4 Å². The molecule has 2 unspecified atom stereocenters. The third kappa shape index (κ3) is 1.89. The molecule has 20 heavy (non-hydrogen) atoms. The highest BCUT2D eigenvalue weighted by atomic mass is 79.9. The Morgan fingerprint density at radius 1 is 1.20 bits per heavy atom. The Morgan fingerprint density at radius 3 is 2.90 bits per heavy atom. The Hall–Kier alpha value is -0.990. The summed E-state index contributed by atoms with van der Waals surface area (Å²) in [6, 6.07) is 12.7. The molecule has 0 aromatic heterocycles. The molecule has 0 bridgehead atoms. The van der Waals surface area contributed by atoms with E-state index in [9.17, 15) is 0 Å². The van der Waals surface area contributed by atoms with Gasteiger partial charge in [-0.1, -0.05) is 51.8 Å². The molecule has 102 valence electrons. The SMILES string of the molecule is Clc1cc2c(c(C(Br)C3Cc4ccccc43)c1)OCC2. The van der Waals surface area contributed by atoms with Crippen LogP contribution >= 0.6 is 27.5 Å². The van der Waals surface area contributed by atoms with Gasteiger partial charge in [0.1, 0.15) is 5.75 Å². The van der Waals surface area contributed by atoms with E-state index in [0.29, 0.717) is 5.92 Å². The first-order valence-corrected chi connectivity index (χ1v) is 8.20. The lowest BCUT2D eigenvalue weighted by atomic mass is 9.74. The Bertz CT molecular complexity index is 683. The number of hydrogen-bond acceptors (Lipinski definition) is 1. The topological polar surface area (TPSA) is 9.23 Å². The van der Waals surface area contributed by atoms with Gasteiger partial charge in [-0.05, 0) is 35.2 Å². The lowest BCUT2D eigenvalue weighted by Gasteiger charge is -2.34. The van der Waals surface area contributed by atoms with Crippen LogP contribution in [0.5, 0.6) is 5.75 Å². The van der Waals surface area contributed by atoms with Crippen LogP contribution in [0.1, 0.15) is 33.0 Å². The van der Waals surface area contributed by atoms with Gasteiger partial charge in [0.2, 0.25) is 0 Å². The Kier molecular flexibility index (Phi) is 3.04. The molecule has 1 aliphatic heterocycles. The molecule has 0 radical (unpaired) electrons. The highest BCUT2D eigenvalue weighted by Crippen LogP contribution is 2.51. The van der Waals surface area contributed by atoms with Crippen LogP contribution in [-0.2, 0) is 12.8 Å². The van der Waals surface area contributed by atoms with E-state index < -0.39 is 0 Å². The number of hydrogen-bond donors (Lipinski definition) is 0. The standard InChI is InChI=1S/C17H14BrClO/c18-16(14-8-10-3-1-2-4-13(10)14)15-9-12(19)7-11-5-6-20-17(11)15/h1-4,7,9,14,16H,5-6,8H2. The maximum atomic E-state index is 6.26. The van der Waals surface area contributed by atoms with Gasteiger partial charge < -0.3 is 4.74 Å². The molecule has 0 saturated heterocycles.